The third kappa shape index (κ3) is 4.77. The molecule has 2 N–H and O–H groups in total. The van der Waals surface area contributed by atoms with Gasteiger partial charge >= 0.3 is 0 Å². The van der Waals surface area contributed by atoms with Gasteiger partial charge in [0, 0.05) is 25.7 Å². The van der Waals surface area contributed by atoms with Crippen LogP contribution in [0.25, 0.3) is 10.2 Å². The Morgan fingerprint density at radius 2 is 1.97 bits per heavy atom. The fourth-order valence-corrected chi connectivity index (χ4v) is 4.87. The van der Waals surface area contributed by atoms with Gasteiger partial charge in [-0.25, -0.2) is 4.98 Å². The van der Waals surface area contributed by atoms with E-state index >= 15 is 0 Å². The zero-order valence-corrected chi connectivity index (χ0v) is 19.1. The maximum absolute atomic E-state index is 13.1. The molecular weight excluding hydrogens is 428 g/mol. The van der Waals surface area contributed by atoms with Gasteiger partial charge in [-0.1, -0.05) is 11.3 Å². The minimum Gasteiger partial charge on any atom is -0.497 e. The molecule has 32 heavy (non-hydrogen) atoms. The number of nitrogens with one attached hydrogen (secondary N) is 2. The predicted molar refractivity (Wildman–Crippen MR) is 127 cm³/mol. The van der Waals surface area contributed by atoms with E-state index in [1.165, 1.54) is 6.92 Å². The van der Waals surface area contributed by atoms with Gasteiger partial charge < -0.3 is 25.0 Å². The summed E-state index contributed by atoms with van der Waals surface area (Å²) in [6.07, 6.45) is 1.70. The summed E-state index contributed by atoms with van der Waals surface area (Å²) in [5.74, 6) is 0.915. The van der Waals surface area contributed by atoms with Gasteiger partial charge in [0.05, 0.1) is 36.0 Å². The third-order valence-electron chi connectivity index (χ3n) is 5.42. The molecule has 1 aliphatic rings. The van der Waals surface area contributed by atoms with Crippen molar-refractivity contribution in [3.05, 3.63) is 36.4 Å². The van der Waals surface area contributed by atoms with Crippen molar-refractivity contribution in [2.24, 2.45) is 5.92 Å². The van der Waals surface area contributed by atoms with Crippen molar-refractivity contribution in [2.45, 2.75) is 19.8 Å². The summed E-state index contributed by atoms with van der Waals surface area (Å²) in [7, 11) is 3.20. The van der Waals surface area contributed by atoms with Crippen LogP contribution in [0.4, 0.5) is 16.5 Å². The molecule has 0 aliphatic carbocycles. The van der Waals surface area contributed by atoms with Crippen molar-refractivity contribution in [3.63, 3.8) is 0 Å². The zero-order chi connectivity index (χ0) is 22.7. The summed E-state index contributed by atoms with van der Waals surface area (Å²) in [5, 5.41) is 6.62. The lowest BCUT2D eigenvalue weighted by atomic mass is 9.97. The maximum atomic E-state index is 13.1. The molecule has 0 radical (unpaired) electrons. The number of thiazole rings is 1. The molecule has 0 bridgehead atoms. The van der Waals surface area contributed by atoms with E-state index in [1.54, 1.807) is 43.8 Å². The smallest absolute Gasteiger partial charge is 0.229 e. The average molecular weight is 455 g/mol. The number of piperidine rings is 1. The van der Waals surface area contributed by atoms with Gasteiger partial charge in [0.15, 0.2) is 5.13 Å². The van der Waals surface area contributed by atoms with E-state index in [9.17, 15) is 9.59 Å². The topological polar surface area (TPSA) is 92.8 Å². The largest absolute Gasteiger partial charge is 0.497 e. The Kier molecular flexibility index (Phi) is 6.45. The van der Waals surface area contributed by atoms with Crippen LogP contribution in [0.2, 0.25) is 0 Å². The molecule has 4 rings (SSSR count). The number of amides is 2. The Hall–Kier alpha value is -3.33. The highest BCUT2D eigenvalue weighted by Gasteiger charge is 2.28. The molecule has 1 unspecified atom stereocenters. The first-order valence-electron chi connectivity index (χ1n) is 10.4. The normalized spacial score (nSPS) is 16.0. The minimum atomic E-state index is -0.181. The van der Waals surface area contributed by atoms with E-state index in [0.717, 1.165) is 40.5 Å². The number of benzene rings is 2. The lowest BCUT2D eigenvalue weighted by molar-refractivity contribution is -0.120. The number of rotatable bonds is 6. The summed E-state index contributed by atoms with van der Waals surface area (Å²) in [6, 6.07) is 11.0. The molecule has 168 valence electrons. The van der Waals surface area contributed by atoms with Gasteiger partial charge in [0.1, 0.15) is 11.5 Å². The minimum absolute atomic E-state index is 0.0734. The van der Waals surface area contributed by atoms with E-state index in [-0.39, 0.29) is 17.7 Å². The number of carbonyl (C=O) groups excluding carboxylic acids is 2. The number of hydrogen-bond acceptors (Lipinski definition) is 7. The van der Waals surface area contributed by atoms with E-state index in [0.29, 0.717) is 23.7 Å². The van der Waals surface area contributed by atoms with Crippen molar-refractivity contribution in [3.8, 4) is 11.5 Å². The second-order valence-electron chi connectivity index (χ2n) is 7.70. The lowest BCUT2D eigenvalue weighted by Gasteiger charge is -2.31. The van der Waals surface area contributed by atoms with Gasteiger partial charge in [0.2, 0.25) is 11.8 Å². The van der Waals surface area contributed by atoms with Crippen LogP contribution in [-0.2, 0) is 9.59 Å². The highest BCUT2D eigenvalue weighted by molar-refractivity contribution is 7.22. The standard InChI is InChI=1S/C23H26N4O4S/c1-14(28)24-16-6-9-20(31-3)19(11-16)25-22(29)15-5-4-10-27(13-15)23-26-18-8-7-17(30-2)12-21(18)32-23/h6-9,11-12,15H,4-5,10,13H2,1-3H3,(H,24,28)(H,25,29). The first-order valence-corrected chi connectivity index (χ1v) is 11.2. The highest BCUT2D eigenvalue weighted by Crippen LogP contribution is 2.34. The zero-order valence-electron chi connectivity index (χ0n) is 18.3. The SMILES string of the molecule is COc1ccc2nc(N3CCCC(C(=O)Nc4cc(NC(C)=O)ccc4OC)C3)sc2c1. The van der Waals surface area contributed by atoms with Crippen LogP contribution in [0.15, 0.2) is 36.4 Å². The number of carbonyl (C=O) groups is 2. The molecule has 1 saturated heterocycles. The lowest BCUT2D eigenvalue weighted by Crippen LogP contribution is -2.40. The van der Waals surface area contributed by atoms with E-state index in [1.807, 2.05) is 18.2 Å². The molecule has 1 aliphatic heterocycles. The van der Waals surface area contributed by atoms with Gasteiger partial charge in [-0.3, -0.25) is 9.59 Å². The Morgan fingerprint density at radius 1 is 1.12 bits per heavy atom. The Labute approximate surface area is 190 Å². The van der Waals surface area contributed by atoms with Crippen LogP contribution < -0.4 is 25.0 Å². The molecule has 2 amide bonds. The molecule has 2 heterocycles. The summed E-state index contributed by atoms with van der Waals surface area (Å²) < 4.78 is 11.8. The number of ether oxygens (including phenoxy) is 2. The number of anilines is 3. The number of nitrogens with zero attached hydrogens (tertiary/aromatic N) is 2. The molecule has 3 aromatic rings. The fraction of sp³-hybridized carbons (Fsp3) is 0.348. The third-order valence-corrected chi connectivity index (χ3v) is 6.50. The van der Waals surface area contributed by atoms with Crippen LogP contribution >= 0.6 is 11.3 Å². The fourth-order valence-electron chi connectivity index (χ4n) is 3.84. The predicted octanol–water partition coefficient (Wildman–Crippen LogP) is 4.13. The number of methoxy groups -OCH3 is 2. The molecule has 0 saturated carbocycles. The Bertz CT molecular complexity index is 1150. The Morgan fingerprint density at radius 3 is 2.72 bits per heavy atom. The van der Waals surface area contributed by atoms with E-state index in [4.69, 9.17) is 14.5 Å². The molecule has 8 nitrogen and oxygen atoms in total. The van der Waals surface area contributed by atoms with Crippen molar-refractivity contribution in [1.82, 2.24) is 4.98 Å². The number of aromatic nitrogens is 1. The summed E-state index contributed by atoms with van der Waals surface area (Å²) in [4.78, 5) is 31.4. The van der Waals surface area contributed by atoms with Crippen molar-refractivity contribution < 1.29 is 19.1 Å². The van der Waals surface area contributed by atoms with Crippen LogP contribution in [0.3, 0.4) is 0 Å². The van der Waals surface area contributed by atoms with E-state index in [2.05, 4.69) is 15.5 Å². The molecule has 1 aromatic heterocycles. The van der Waals surface area contributed by atoms with Gasteiger partial charge in [0.25, 0.3) is 0 Å². The van der Waals surface area contributed by atoms with Crippen molar-refractivity contribution in [2.75, 3.05) is 42.8 Å². The summed E-state index contributed by atoms with van der Waals surface area (Å²) in [6.45, 7) is 2.90. The second kappa shape index (κ2) is 9.44. The van der Waals surface area contributed by atoms with Crippen LogP contribution in [0.1, 0.15) is 19.8 Å². The van der Waals surface area contributed by atoms with Crippen LogP contribution in [-0.4, -0.2) is 44.1 Å². The Balaban J connectivity index is 1.49. The average Bonchev–Trinajstić information content (AvgIpc) is 3.22. The molecule has 1 atom stereocenters. The summed E-state index contributed by atoms with van der Waals surface area (Å²) >= 11 is 1.61. The summed E-state index contributed by atoms with van der Waals surface area (Å²) in [5.41, 5.74) is 2.06. The van der Waals surface area contributed by atoms with Crippen molar-refractivity contribution >= 4 is 49.9 Å². The second-order valence-corrected chi connectivity index (χ2v) is 8.71. The first-order chi connectivity index (χ1) is 15.5. The van der Waals surface area contributed by atoms with Crippen LogP contribution in [0.5, 0.6) is 11.5 Å². The highest BCUT2D eigenvalue weighted by atomic mass is 32.1. The number of fused-ring (bicyclic) bond motifs is 1. The van der Waals surface area contributed by atoms with Gasteiger partial charge in [-0.2, -0.15) is 0 Å². The quantitative estimate of drug-likeness (QED) is 0.582. The molecule has 9 heteroatoms. The van der Waals surface area contributed by atoms with Crippen LogP contribution in [0, 0.1) is 5.92 Å². The number of hydrogen-bond donors (Lipinski definition) is 2. The first kappa shape index (κ1) is 21.9. The molecule has 0 spiro atoms. The van der Waals surface area contributed by atoms with E-state index < -0.39 is 0 Å². The van der Waals surface area contributed by atoms with Crippen molar-refractivity contribution in [1.29, 1.82) is 0 Å². The van der Waals surface area contributed by atoms with Gasteiger partial charge in [-0.05, 0) is 49.2 Å². The van der Waals surface area contributed by atoms with Gasteiger partial charge in [-0.15, -0.1) is 0 Å². The maximum Gasteiger partial charge on any atom is 0.229 e. The molecular formula is C23H26N4O4S. The monoisotopic (exact) mass is 454 g/mol. The molecule has 1 fully saturated rings. The molecule has 2 aromatic carbocycles.